The fourth-order valence-electron chi connectivity index (χ4n) is 1.68. The van der Waals surface area contributed by atoms with E-state index in [4.69, 9.17) is 5.73 Å². The van der Waals surface area contributed by atoms with E-state index >= 15 is 0 Å². The Morgan fingerprint density at radius 2 is 1.95 bits per heavy atom. The molecule has 3 N–H and O–H groups in total. The number of benzene rings is 1. The van der Waals surface area contributed by atoms with Crippen LogP contribution < -0.4 is 11.1 Å². The number of hydrogen-bond acceptors (Lipinski definition) is 3. The van der Waals surface area contributed by atoms with Gasteiger partial charge in [-0.3, -0.25) is 4.79 Å². The number of hydrogen-bond donors (Lipinski definition) is 2. The number of alkyl halides is 3. The summed E-state index contributed by atoms with van der Waals surface area (Å²) in [4.78, 5) is 15.3. The van der Waals surface area contributed by atoms with Crippen LogP contribution >= 0.6 is 15.9 Å². The summed E-state index contributed by atoms with van der Waals surface area (Å²) in [7, 11) is 0. The van der Waals surface area contributed by atoms with Gasteiger partial charge in [0.1, 0.15) is 5.82 Å². The number of carbonyl (C=O) groups is 1. The van der Waals surface area contributed by atoms with Crippen LogP contribution in [0.2, 0.25) is 0 Å². The van der Waals surface area contributed by atoms with Crippen molar-refractivity contribution in [3.63, 3.8) is 0 Å². The third kappa shape index (κ3) is 3.53. The molecule has 0 aliphatic heterocycles. The Labute approximate surface area is 130 Å². The molecule has 2 rings (SSSR count). The molecule has 0 radical (unpaired) electrons. The number of pyridine rings is 1. The number of aromatic nitrogens is 1. The van der Waals surface area contributed by atoms with Gasteiger partial charge in [0.25, 0.3) is 5.91 Å². The van der Waals surface area contributed by atoms with E-state index in [1.165, 1.54) is 0 Å². The lowest BCUT2D eigenvalue weighted by Gasteiger charge is -2.13. The summed E-state index contributed by atoms with van der Waals surface area (Å²) in [5, 5.41) is 2.20. The van der Waals surface area contributed by atoms with Crippen LogP contribution in [0.15, 0.2) is 34.9 Å². The van der Waals surface area contributed by atoms with E-state index in [0.29, 0.717) is 0 Å². The predicted molar refractivity (Wildman–Crippen MR) is 75.7 cm³/mol. The molecule has 0 saturated heterocycles. The van der Waals surface area contributed by atoms with Crippen molar-refractivity contribution in [2.24, 2.45) is 0 Å². The Morgan fingerprint density at radius 3 is 2.55 bits per heavy atom. The van der Waals surface area contributed by atoms with Crippen LogP contribution in [-0.2, 0) is 6.18 Å². The number of anilines is 2. The normalized spacial score (nSPS) is 11.3. The van der Waals surface area contributed by atoms with Crippen molar-refractivity contribution in [3.8, 4) is 0 Å². The van der Waals surface area contributed by atoms with E-state index in [2.05, 4.69) is 26.2 Å². The average Bonchev–Trinajstić information content (AvgIpc) is 2.40. The zero-order valence-corrected chi connectivity index (χ0v) is 12.3. The fourth-order valence-corrected chi connectivity index (χ4v) is 2.01. The molecule has 1 amide bonds. The van der Waals surface area contributed by atoms with Crippen LogP contribution in [0.1, 0.15) is 16.1 Å². The van der Waals surface area contributed by atoms with Crippen LogP contribution in [0.25, 0.3) is 0 Å². The highest BCUT2D eigenvalue weighted by Crippen LogP contribution is 2.32. The minimum Gasteiger partial charge on any atom is -0.397 e. The average molecular weight is 378 g/mol. The van der Waals surface area contributed by atoms with Gasteiger partial charge in [-0.15, -0.1) is 0 Å². The first-order valence-electron chi connectivity index (χ1n) is 5.77. The van der Waals surface area contributed by atoms with E-state index in [1.807, 2.05) is 0 Å². The lowest BCUT2D eigenvalue weighted by Crippen LogP contribution is -2.20. The van der Waals surface area contributed by atoms with Crippen molar-refractivity contribution < 1.29 is 22.4 Å². The van der Waals surface area contributed by atoms with Crippen LogP contribution in [-0.4, -0.2) is 10.9 Å². The van der Waals surface area contributed by atoms with Gasteiger partial charge in [0.15, 0.2) is 5.69 Å². The molecule has 1 heterocycles. The number of nitrogens with zero attached hydrogens (tertiary/aromatic N) is 1. The second kappa shape index (κ2) is 5.91. The quantitative estimate of drug-likeness (QED) is 0.617. The molecule has 0 atom stereocenters. The van der Waals surface area contributed by atoms with Gasteiger partial charge in [-0.05, 0) is 40.2 Å². The maximum Gasteiger partial charge on any atom is 0.434 e. The number of halogens is 5. The molecule has 0 aliphatic rings. The van der Waals surface area contributed by atoms with Crippen molar-refractivity contribution in [3.05, 3.63) is 52.0 Å². The van der Waals surface area contributed by atoms with Crippen molar-refractivity contribution in [2.45, 2.75) is 6.18 Å². The van der Waals surface area contributed by atoms with Gasteiger partial charge in [-0.25, -0.2) is 9.37 Å². The molecule has 0 spiro atoms. The first kappa shape index (κ1) is 16.2. The van der Waals surface area contributed by atoms with Gasteiger partial charge < -0.3 is 11.1 Å². The number of nitrogen functional groups attached to an aromatic ring is 1. The molecule has 0 aliphatic carbocycles. The molecule has 1 aromatic carbocycles. The van der Waals surface area contributed by atoms with Gasteiger partial charge in [0.2, 0.25) is 0 Å². The van der Waals surface area contributed by atoms with E-state index in [1.54, 1.807) is 0 Å². The number of amides is 1. The van der Waals surface area contributed by atoms with E-state index in [0.717, 1.165) is 30.5 Å². The molecule has 22 heavy (non-hydrogen) atoms. The van der Waals surface area contributed by atoms with Gasteiger partial charge in [-0.2, -0.15) is 13.2 Å². The first-order chi connectivity index (χ1) is 10.2. The maximum atomic E-state index is 12.9. The summed E-state index contributed by atoms with van der Waals surface area (Å²) in [6.07, 6.45) is -3.85. The molecule has 0 unspecified atom stereocenters. The molecule has 1 aromatic heterocycles. The summed E-state index contributed by atoms with van der Waals surface area (Å²) >= 11 is 2.96. The molecular weight excluding hydrogens is 370 g/mol. The largest absolute Gasteiger partial charge is 0.434 e. The van der Waals surface area contributed by atoms with E-state index < -0.39 is 29.2 Å². The van der Waals surface area contributed by atoms with Gasteiger partial charge >= 0.3 is 6.18 Å². The second-order valence-electron chi connectivity index (χ2n) is 4.23. The summed E-state index contributed by atoms with van der Waals surface area (Å²) in [6, 6.07) is 4.11. The van der Waals surface area contributed by atoms with E-state index in [9.17, 15) is 22.4 Å². The summed E-state index contributed by atoms with van der Waals surface area (Å²) in [6.45, 7) is 0. The topological polar surface area (TPSA) is 68.0 Å². The molecule has 0 saturated carbocycles. The van der Waals surface area contributed by atoms with Crippen LogP contribution in [0.3, 0.4) is 0 Å². The van der Waals surface area contributed by atoms with Crippen molar-refractivity contribution in [1.29, 1.82) is 0 Å². The summed E-state index contributed by atoms with van der Waals surface area (Å²) < 4.78 is 51.8. The third-order valence-corrected chi connectivity index (χ3v) is 3.06. The van der Waals surface area contributed by atoms with Crippen LogP contribution in [0, 0.1) is 5.82 Å². The van der Waals surface area contributed by atoms with Crippen LogP contribution in [0.4, 0.5) is 28.9 Å². The highest BCUT2D eigenvalue weighted by molar-refractivity contribution is 9.10. The standard InChI is InChI=1S/C13H8BrF4N3O/c14-6-3-8(11(20-5-6)13(16,17)18)12(22)21-10-2-1-7(15)4-9(10)19/h1-5H,19H2,(H,21,22). The smallest absolute Gasteiger partial charge is 0.397 e. The number of rotatable bonds is 2. The van der Waals surface area contributed by atoms with Crippen LogP contribution in [0.5, 0.6) is 0 Å². The second-order valence-corrected chi connectivity index (χ2v) is 5.15. The molecule has 0 fully saturated rings. The number of nitrogens with one attached hydrogen (secondary N) is 1. The predicted octanol–water partition coefficient (Wildman–Crippen LogP) is 3.84. The van der Waals surface area contributed by atoms with Crippen molar-refractivity contribution in [2.75, 3.05) is 11.1 Å². The lowest BCUT2D eigenvalue weighted by atomic mass is 10.1. The summed E-state index contributed by atoms with van der Waals surface area (Å²) in [5.74, 6) is -1.69. The molecule has 0 bridgehead atoms. The Balaban J connectivity index is 2.39. The molecule has 9 heteroatoms. The monoisotopic (exact) mass is 377 g/mol. The molecular formula is C13H8BrF4N3O. The van der Waals surface area contributed by atoms with Gasteiger partial charge in [0, 0.05) is 10.7 Å². The minimum absolute atomic E-state index is 0.000463. The Hall–Kier alpha value is -2.16. The first-order valence-corrected chi connectivity index (χ1v) is 6.57. The molecule has 116 valence electrons. The zero-order valence-electron chi connectivity index (χ0n) is 10.7. The highest BCUT2D eigenvalue weighted by atomic mass is 79.9. The van der Waals surface area contributed by atoms with Crippen molar-refractivity contribution >= 4 is 33.2 Å². The lowest BCUT2D eigenvalue weighted by molar-refractivity contribution is -0.141. The minimum atomic E-state index is -4.79. The Kier molecular flexibility index (Phi) is 4.36. The van der Waals surface area contributed by atoms with Gasteiger partial charge in [-0.1, -0.05) is 0 Å². The number of carbonyl (C=O) groups excluding carboxylic acids is 1. The third-order valence-electron chi connectivity index (χ3n) is 2.63. The van der Waals surface area contributed by atoms with Crippen molar-refractivity contribution in [1.82, 2.24) is 4.98 Å². The SMILES string of the molecule is Nc1cc(F)ccc1NC(=O)c1cc(Br)cnc1C(F)(F)F. The zero-order chi connectivity index (χ0) is 16.5. The summed E-state index contributed by atoms with van der Waals surface area (Å²) in [5.41, 5.74) is 3.39. The number of nitrogens with two attached hydrogens (primary N) is 1. The maximum absolute atomic E-state index is 12.9. The molecule has 4 nitrogen and oxygen atoms in total. The Bertz CT molecular complexity index is 734. The Morgan fingerprint density at radius 1 is 1.27 bits per heavy atom. The molecule has 2 aromatic rings. The van der Waals surface area contributed by atoms with Gasteiger partial charge in [0.05, 0.1) is 16.9 Å². The van der Waals surface area contributed by atoms with E-state index in [-0.39, 0.29) is 15.8 Å². The highest BCUT2D eigenvalue weighted by Gasteiger charge is 2.37. The fraction of sp³-hybridized carbons (Fsp3) is 0.0769.